The zero-order chi connectivity index (χ0) is 33.0. The normalized spacial score (nSPS) is 15.2. The third-order valence-corrected chi connectivity index (χ3v) is 8.42. The van der Waals surface area contributed by atoms with Crippen LogP contribution in [-0.2, 0) is 32.1 Å². The smallest absolute Gasteiger partial charge is 0.305 e. The van der Waals surface area contributed by atoms with E-state index in [-0.39, 0.29) is 43.5 Å². The number of ether oxygens (including phenoxy) is 2. The van der Waals surface area contributed by atoms with Crippen LogP contribution in [0.2, 0.25) is 0 Å². The van der Waals surface area contributed by atoms with Crippen LogP contribution >= 0.6 is 0 Å². The number of nitrogens with one attached hydrogen (secondary N) is 2. The molecule has 0 heterocycles. The van der Waals surface area contributed by atoms with Gasteiger partial charge in [-0.05, 0) is 61.3 Å². The lowest BCUT2D eigenvalue weighted by molar-refractivity contribution is -0.145. The van der Waals surface area contributed by atoms with Crippen molar-refractivity contribution in [1.29, 1.82) is 0 Å². The van der Waals surface area contributed by atoms with E-state index in [1.54, 1.807) is 12.2 Å². The largest absolute Gasteiger partial charge is 0.489 e. The number of aliphatic hydroxyl groups is 1. The molecule has 2 amide bonds. The maximum atomic E-state index is 13.4. The maximum absolute atomic E-state index is 13.4. The Kier molecular flexibility index (Phi) is 16.7. The zero-order valence-electron chi connectivity index (χ0n) is 27.2. The van der Waals surface area contributed by atoms with Crippen LogP contribution in [0.25, 0.3) is 0 Å². The number of esters is 1. The van der Waals surface area contributed by atoms with Crippen LogP contribution in [0.4, 0.5) is 0 Å². The Hall–Kier alpha value is -3.91. The lowest BCUT2D eigenvalue weighted by Crippen LogP contribution is -2.45. The first kappa shape index (κ1) is 36.6. The number of amides is 2. The van der Waals surface area contributed by atoms with Crippen LogP contribution in [-0.4, -0.2) is 48.2 Å². The summed E-state index contributed by atoms with van der Waals surface area (Å²) in [6.07, 6.45) is 12.4. The van der Waals surface area contributed by atoms with E-state index in [2.05, 4.69) is 23.8 Å². The molecule has 2 aromatic rings. The molecule has 0 spiro atoms. The number of unbranched alkanes of at least 4 members (excludes halogenated alkanes) is 1. The average molecular weight is 633 g/mol. The van der Waals surface area contributed by atoms with E-state index in [0.717, 1.165) is 42.6 Å². The molecule has 0 bridgehead atoms. The van der Waals surface area contributed by atoms with Crippen molar-refractivity contribution in [3.8, 4) is 5.75 Å². The summed E-state index contributed by atoms with van der Waals surface area (Å²) in [7, 11) is 0. The fraction of sp³-hybridized carbons (Fsp3) is 0.500. The Balaban J connectivity index is 1.52. The second-order valence-electron chi connectivity index (χ2n) is 12.3. The first-order valence-electron chi connectivity index (χ1n) is 16.7. The highest BCUT2D eigenvalue weighted by molar-refractivity contribution is 5.86. The first-order chi connectivity index (χ1) is 22.4. The minimum Gasteiger partial charge on any atom is -0.489 e. The third kappa shape index (κ3) is 14.0. The molecule has 3 N–H and O–H groups in total. The molecular weight excluding hydrogens is 580 g/mol. The molecule has 1 fully saturated rings. The number of allylic oxidation sites excluding steroid dienone is 2. The molecule has 46 heavy (non-hydrogen) atoms. The minimum atomic E-state index is -0.630. The Labute approximate surface area is 274 Å². The van der Waals surface area contributed by atoms with Crippen molar-refractivity contribution in [2.45, 2.75) is 95.7 Å². The van der Waals surface area contributed by atoms with Crippen LogP contribution in [0.3, 0.4) is 0 Å². The van der Waals surface area contributed by atoms with Crippen molar-refractivity contribution in [2.75, 3.05) is 13.2 Å². The van der Waals surface area contributed by atoms with E-state index in [9.17, 15) is 19.5 Å². The summed E-state index contributed by atoms with van der Waals surface area (Å²) in [6.45, 7) is 7.82. The fourth-order valence-electron chi connectivity index (χ4n) is 5.87. The molecule has 0 saturated heterocycles. The van der Waals surface area contributed by atoms with Crippen LogP contribution in [0.5, 0.6) is 5.75 Å². The number of rotatable bonds is 21. The monoisotopic (exact) mass is 632 g/mol. The molecule has 250 valence electrons. The van der Waals surface area contributed by atoms with Crippen LogP contribution in [0.1, 0.15) is 81.8 Å². The molecule has 8 heteroatoms. The molecular formula is C38H52N2O6. The second kappa shape index (κ2) is 21.0. The number of carbonyl (C=O) groups is 3. The summed E-state index contributed by atoms with van der Waals surface area (Å²) in [6, 6.07) is 16.7. The Morgan fingerprint density at radius 1 is 0.913 bits per heavy atom. The molecule has 0 radical (unpaired) electrons. The van der Waals surface area contributed by atoms with Gasteiger partial charge in [0.2, 0.25) is 11.8 Å². The molecule has 0 aliphatic heterocycles. The number of hydrogen-bond donors (Lipinski definition) is 3. The quantitative estimate of drug-likeness (QED) is 0.0855. The molecule has 3 atom stereocenters. The fourth-order valence-corrected chi connectivity index (χ4v) is 5.87. The molecule has 1 aliphatic carbocycles. The van der Waals surface area contributed by atoms with Crippen molar-refractivity contribution < 1.29 is 29.0 Å². The van der Waals surface area contributed by atoms with E-state index >= 15 is 0 Å². The van der Waals surface area contributed by atoms with Gasteiger partial charge >= 0.3 is 5.97 Å². The number of carbonyl (C=O) groups excluding carboxylic acids is 3. The van der Waals surface area contributed by atoms with E-state index < -0.39 is 12.0 Å². The van der Waals surface area contributed by atoms with E-state index in [1.807, 2.05) is 54.6 Å². The Bertz CT molecular complexity index is 1210. The summed E-state index contributed by atoms with van der Waals surface area (Å²) in [5.41, 5.74) is 2.02. The highest BCUT2D eigenvalue weighted by Crippen LogP contribution is 2.28. The molecule has 1 aliphatic rings. The Morgan fingerprint density at radius 2 is 1.65 bits per heavy atom. The van der Waals surface area contributed by atoms with Gasteiger partial charge in [-0.15, -0.1) is 13.2 Å². The number of benzene rings is 2. The van der Waals surface area contributed by atoms with Gasteiger partial charge in [0, 0.05) is 12.8 Å². The second-order valence-corrected chi connectivity index (χ2v) is 12.3. The van der Waals surface area contributed by atoms with Gasteiger partial charge in [0.25, 0.3) is 0 Å². The summed E-state index contributed by atoms with van der Waals surface area (Å²) in [5, 5.41) is 16.0. The summed E-state index contributed by atoms with van der Waals surface area (Å²) in [4.78, 5) is 38.8. The van der Waals surface area contributed by atoms with Crippen molar-refractivity contribution >= 4 is 17.8 Å². The molecule has 2 aromatic carbocycles. The highest BCUT2D eigenvalue weighted by atomic mass is 16.5. The molecule has 3 rings (SSSR count). The maximum Gasteiger partial charge on any atom is 0.305 e. The van der Waals surface area contributed by atoms with Gasteiger partial charge in [0.15, 0.2) is 0 Å². The highest BCUT2D eigenvalue weighted by Gasteiger charge is 2.27. The molecule has 0 aromatic heterocycles. The average Bonchev–Trinajstić information content (AvgIpc) is 3.07. The van der Waals surface area contributed by atoms with Gasteiger partial charge in [0.05, 0.1) is 24.6 Å². The van der Waals surface area contributed by atoms with Crippen molar-refractivity contribution in [3.05, 3.63) is 91.0 Å². The standard InChI is InChI=1S/C38H52N2O6/c1-3-5-8-18-37(43)46-28-34(24-29-14-9-6-10-15-29)40-38(44)32(13-4-2)25-36(42)39-33(26-41)23-30-19-21-35(22-20-30)45-27-31-16-11-7-12-17-31/h3-4,7,11-12,16-17,19-22,29,32-34,41H,1-2,5-6,8-10,13-15,18,23-28H2,(H,39,42)(H,40,44). The van der Waals surface area contributed by atoms with Gasteiger partial charge in [-0.1, -0.05) is 86.7 Å². The van der Waals surface area contributed by atoms with Gasteiger partial charge in [-0.2, -0.15) is 0 Å². The van der Waals surface area contributed by atoms with Gasteiger partial charge in [0.1, 0.15) is 19.0 Å². The molecule has 3 unspecified atom stereocenters. The van der Waals surface area contributed by atoms with Gasteiger partial charge < -0.3 is 25.2 Å². The molecule has 1 saturated carbocycles. The van der Waals surface area contributed by atoms with E-state index in [0.29, 0.717) is 38.2 Å². The van der Waals surface area contributed by atoms with E-state index in [4.69, 9.17) is 9.47 Å². The van der Waals surface area contributed by atoms with E-state index in [1.165, 1.54) is 19.3 Å². The van der Waals surface area contributed by atoms with Gasteiger partial charge in [-0.25, -0.2) is 0 Å². The topological polar surface area (TPSA) is 114 Å². The van der Waals surface area contributed by atoms with Crippen LogP contribution in [0.15, 0.2) is 79.9 Å². The minimum absolute atomic E-state index is 0.0435. The predicted molar refractivity (Wildman–Crippen MR) is 181 cm³/mol. The van der Waals surface area contributed by atoms with Crippen molar-refractivity contribution in [3.63, 3.8) is 0 Å². The van der Waals surface area contributed by atoms with Gasteiger partial charge in [-0.3, -0.25) is 14.4 Å². The van der Waals surface area contributed by atoms with Crippen LogP contribution < -0.4 is 15.4 Å². The van der Waals surface area contributed by atoms with Crippen molar-refractivity contribution in [2.24, 2.45) is 11.8 Å². The number of hydrogen-bond acceptors (Lipinski definition) is 6. The van der Waals surface area contributed by atoms with Crippen molar-refractivity contribution in [1.82, 2.24) is 10.6 Å². The predicted octanol–water partition coefficient (Wildman–Crippen LogP) is 6.22. The number of aliphatic hydroxyl groups excluding tert-OH is 1. The summed E-state index contributed by atoms with van der Waals surface area (Å²) >= 11 is 0. The van der Waals surface area contributed by atoms with Crippen LogP contribution in [0, 0.1) is 11.8 Å². The zero-order valence-corrected chi connectivity index (χ0v) is 27.2. The summed E-state index contributed by atoms with van der Waals surface area (Å²) < 4.78 is 11.4. The lowest BCUT2D eigenvalue weighted by atomic mass is 9.84. The third-order valence-electron chi connectivity index (χ3n) is 8.42. The SMILES string of the molecule is C=CCCCC(=O)OCC(CC1CCCCC1)NC(=O)C(CC=C)CC(=O)NC(CO)Cc1ccc(OCc2ccccc2)cc1. The Morgan fingerprint density at radius 3 is 2.33 bits per heavy atom. The molecule has 8 nitrogen and oxygen atoms in total. The summed E-state index contributed by atoms with van der Waals surface area (Å²) in [5.74, 6) is -0.285. The lowest BCUT2D eigenvalue weighted by Gasteiger charge is -2.28. The first-order valence-corrected chi connectivity index (χ1v) is 16.7.